The van der Waals surface area contributed by atoms with Crippen molar-refractivity contribution < 1.29 is 9.59 Å². The maximum absolute atomic E-state index is 12.0. The molecule has 0 spiro atoms. The first-order valence-corrected chi connectivity index (χ1v) is 8.71. The molecule has 1 saturated heterocycles. The Morgan fingerprint density at radius 2 is 2.21 bits per heavy atom. The van der Waals surface area contributed by atoms with Gasteiger partial charge in [0, 0.05) is 31.7 Å². The molecule has 0 atom stereocenters. The van der Waals surface area contributed by atoms with Crippen molar-refractivity contribution in [2.45, 2.75) is 6.54 Å². The lowest BCUT2D eigenvalue weighted by Gasteiger charge is -2.14. The second kappa shape index (κ2) is 7.54. The minimum Gasteiger partial charge on any atom is -0.353 e. The van der Waals surface area contributed by atoms with Crippen LogP contribution in [0.3, 0.4) is 0 Å². The number of thioether (sulfide) groups is 1. The van der Waals surface area contributed by atoms with Crippen LogP contribution < -0.4 is 5.32 Å². The minimum absolute atomic E-state index is 0.0261. The van der Waals surface area contributed by atoms with Gasteiger partial charge in [-0.15, -0.1) is 0 Å². The molecule has 0 aliphatic carbocycles. The number of rotatable bonds is 6. The lowest BCUT2D eigenvalue weighted by Crippen LogP contribution is -2.40. The van der Waals surface area contributed by atoms with Gasteiger partial charge in [0.2, 0.25) is 11.8 Å². The standard InChI is InChI=1S/C15H15N5O2S2/c21-12(9-20-13(22)10-24-15(20)23)17-5-7-19-8-6-18-14(19)11-3-1-2-4-16-11/h1-4,6,8H,5,7,9-10H2,(H,17,21). The van der Waals surface area contributed by atoms with E-state index in [9.17, 15) is 9.59 Å². The zero-order valence-electron chi connectivity index (χ0n) is 12.7. The van der Waals surface area contributed by atoms with E-state index >= 15 is 0 Å². The first-order chi connectivity index (χ1) is 11.6. The molecule has 1 N–H and O–H groups in total. The lowest BCUT2D eigenvalue weighted by molar-refractivity contribution is -0.129. The van der Waals surface area contributed by atoms with Gasteiger partial charge >= 0.3 is 0 Å². The average molecular weight is 361 g/mol. The quantitative estimate of drug-likeness (QED) is 0.771. The fraction of sp³-hybridized carbons (Fsp3) is 0.267. The SMILES string of the molecule is O=C(CN1C(=O)CSC1=S)NCCn1ccnc1-c1ccccn1. The molecule has 2 aromatic rings. The number of imidazole rings is 1. The summed E-state index contributed by atoms with van der Waals surface area (Å²) in [6.45, 7) is 0.962. The Kier molecular flexibility index (Phi) is 5.21. The fourth-order valence-corrected chi connectivity index (χ4v) is 3.34. The van der Waals surface area contributed by atoms with Gasteiger partial charge in [0.1, 0.15) is 16.6 Å². The van der Waals surface area contributed by atoms with Crippen LogP contribution >= 0.6 is 24.0 Å². The number of amides is 2. The fourth-order valence-electron chi connectivity index (χ4n) is 2.27. The van der Waals surface area contributed by atoms with E-state index in [4.69, 9.17) is 12.2 Å². The van der Waals surface area contributed by atoms with Crippen LogP contribution in [0.4, 0.5) is 0 Å². The summed E-state index contributed by atoms with van der Waals surface area (Å²) in [5, 5.41) is 2.80. The molecular formula is C15H15N5O2S2. The monoisotopic (exact) mass is 361 g/mol. The molecule has 2 aromatic heterocycles. The number of carbonyl (C=O) groups is 2. The summed E-state index contributed by atoms with van der Waals surface area (Å²) < 4.78 is 2.38. The molecule has 0 bridgehead atoms. The van der Waals surface area contributed by atoms with Crippen LogP contribution in [0.2, 0.25) is 0 Å². The number of carbonyl (C=O) groups excluding carboxylic acids is 2. The highest BCUT2D eigenvalue weighted by molar-refractivity contribution is 8.23. The Balaban J connectivity index is 1.52. The van der Waals surface area contributed by atoms with Gasteiger partial charge in [0.25, 0.3) is 0 Å². The van der Waals surface area contributed by atoms with Crippen LogP contribution in [0, 0.1) is 0 Å². The summed E-state index contributed by atoms with van der Waals surface area (Å²) in [5.41, 5.74) is 0.777. The normalized spacial score (nSPS) is 14.2. The van der Waals surface area contributed by atoms with Crippen molar-refractivity contribution in [3.05, 3.63) is 36.8 Å². The number of nitrogens with one attached hydrogen (secondary N) is 1. The Labute approximate surface area is 148 Å². The zero-order valence-corrected chi connectivity index (χ0v) is 14.3. The lowest BCUT2D eigenvalue weighted by atomic mass is 10.3. The van der Waals surface area contributed by atoms with Crippen molar-refractivity contribution in [2.24, 2.45) is 0 Å². The van der Waals surface area contributed by atoms with Crippen LogP contribution in [0.15, 0.2) is 36.8 Å². The molecule has 0 radical (unpaired) electrons. The van der Waals surface area contributed by atoms with Crippen molar-refractivity contribution in [1.82, 2.24) is 24.8 Å². The van der Waals surface area contributed by atoms with E-state index in [2.05, 4.69) is 15.3 Å². The summed E-state index contributed by atoms with van der Waals surface area (Å²) in [4.78, 5) is 33.5. The first kappa shape index (κ1) is 16.6. The molecule has 0 unspecified atom stereocenters. The summed E-state index contributed by atoms with van der Waals surface area (Å²) in [6.07, 6.45) is 5.25. The van der Waals surface area contributed by atoms with E-state index in [1.54, 1.807) is 12.4 Å². The third-order valence-electron chi connectivity index (χ3n) is 3.43. The molecule has 1 aliphatic heterocycles. The van der Waals surface area contributed by atoms with Gasteiger partial charge in [0.15, 0.2) is 5.82 Å². The number of pyridine rings is 1. The minimum atomic E-state index is -0.229. The van der Waals surface area contributed by atoms with Crippen molar-refractivity contribution in [2.75, 3.05) is 18.8 Å². The molecule has 1 aliphatic rings. The molecular weight excluding hydrogens is 346 g/mol. The molecule has 0 aromatic carbocycles. The van der Waals surface area contributed by atoms with Gasteiger partial charge in [-0.2, -0.15) is 0 Å². The molecule has 24 heavy (non-hydrogen) atoms. The molecule has 7 nitrogen and oxygen atoms in total. The van der Waals surface area contributed by atoms with E-state index in [1.165, 1.54) is 16.7 Å². The number of aromatic nitrogens is 3. The summed E-state index contributed by atoms with van der Waals surface area (Å²) in [5.74, 6) is 0.714. The number of hydrogen-bond acceptors (Lipinski definition) is 6. The third-order valence-corrected chi connectivity index (χ3v) is 4.86. The predicted molar refractivity (Wildman–Crippen MR) is 95.2 cm³/mol. The largest absolute Gasteiger partial charge is 0.353 e. The van der Waals surface area contributed by atoms with Crippen LogP contribution in [0.5, 0.6) is 0 Å². The van der Waals surface area contributed by atoms with Crippen molar-refractivity contribution in [3.63, 3.8) is 0 Å². The van der Waals surface area contributed by atoms with Gasteiger partial charge in [-0.3, -0.25) is 19.5 Å². The third kappa shape index (κ3) is 3.80. The molecule has 0 saturated carbocycles. The number of hydrogen-bond donors (Lipinski definition) is 1. The van der Waals surface area contributed by atoms with Gasteiger partial charge in [-0.1, -0.05) is 30.0 Å². The Bertz CT molecular complexity index is 746. The maximum Gasteiger partial charge on any atom is 0.240 e. The van der Waals surface area contributed by atoms with Crippen LogP contribution in [-0.2, 0) is 16.1 Å². The van der Waals surface area contributed by atoms with E-state index < -0.39 is 0 Å². The van der Waals surface area contributed by atoms with Crippen molar-refractivity contribution in [1.29, 1.82) is 0 Å². The predicted octanol–water partition coefficient (Wildman–Crippen LogP) is 0.922. The Hall–Kier alpha value is -2.26. The van der Waals surface area contributed by atoms with Gasteiger partial charge < -0.3 is 9.88 Å². The number of nitrogens with zero attached hydrogens (tertiary/aromatic N) is 4. The second-order valence-electron chi connectivity index (χ2n) is 5.04. The van der Waals surface area contributed by atoms with Crippen LogP contribution in [0.25, 0.3) is 11.5 Å². The first-order valence-electron chi connectivity index (χ1n) is 7.31. The van der Waals surface area contributed by atoms with E-state index in [-0.39, 0.29) is 18.4 Å². The average Bonchev–Trinajstić information content (AvgIpc) is 3.17. The summed E-state index contributed by atoms with van der Waals surface area (Å²) >= 11 is 6.34. The summed E-state index contributed by atoms with van der Waals surface area (Å²) in [6, 6.07) is 5.63. The topological polar surface area (TPSA) is 80.1 Å². The zero-order chi connectivity index (χ0) is 16.9. The maximum atomic E-state index is 12.0. The molecule has 1 fully saturated rings. The highest BCUT2D eigenvalue weighted by Crippen LogP contribution is 2.18. The molecule has 124 valence electrons. The van der Waals surface area contributed by atoms with E-state index in [0.29, 0.717) is 23.2 Å². The van der Waals surface area contributed by atoms with E-state index in [0.717, 1.165) is 11.5 Å². The second-order valence-corrected chi connectivity index (χ2v) is 6.65. The van der Waals surface area contributed by atoms with Gasteiger partial charge in [0.05, 0.1) is 5.75 Å². The molecule has 9 heteroatoms. The Morgan fingerprint density at radius 1 is 1.33 bits per heavy atom. The highest BCUT2D eigenvalue weighted by atomic mass is 32.2. The van der Waals surface area contributed by atoms with Gasteiger partial charge in [-0.05, 0) is 12.1 Å². The highest BCUT2D eigenvalue weighted by Gasteiger charge is 2.28. The smallest absolute Gasteiger partial charge is 0.240 e. The van der Waals surface area contributed by atoms with E-state index in [1.807, 2.05) is 29.0 Å². The van der Waals surface area contributed by atoms with Crippen molar-refractivity contribution in [3.8, 4) is 11.5 Å². The van der Waals surface area contributed by atoms with Crippen molar-refractivity contribution >= 4 is 40.1 Å². The van der Waals surface area contributed by atoms with Crippen LogP contribution in [0.1, 0.15) is 0 Å². The molecule has 3 rings (SSSR count). The number of thiocarbonyl (C=S) groups is 1. The van der Waals surface area contributed by atoms with Crippen LogP contribution in [-0.4, -0.2) is 54.4 Å². The molecule has 2 amide bonds. The molecule has 3 heterocycles. The summed E-state index contributed by atoms with van der Waals surface area (Å²) in [7, 11) is 0. The Morgan fingerprint density at radius 3 is 2.92 bits per heavy atom. The van der Waals surface area contributed by atoms with Gasteiger partial charge in [-0.25, -0.2) is 4.98 Å².